The average Bonchev–Trinajstić information content (AvgIpc) is 2.42. The van der Waals surface area contributed by atoms with Crippen molar-refractivity contribution in [2.45, 2.75) is 13.0 Å². The zero-order valence-electron chi connectivity index (χ0n) is 10.6. The van der Waals surface area contributed by atoms with E-state index in [-0.39, 0.29) is 19.1 Å². The average molecular weight is 252 g/mol. The van der Waals surface area contributed by atoms with Gasteiger partial charge in [0, 0.05) is 13.2 Å². The molecule has 0 heterocycles. The van der Waals surface area contributed by atoms with Gasteiger partial charge in [0.25, 0.3) is 0 Å². The number of carbonyl (C=O) groups excluding carboxylic acids is 1. The molecule has 0 aliphatic rings. The molecule has 0 saturated carbocycles. The van der Waals surface area contributed by atoms with Crippen LogP contribution in [0.4, 0.5) is 0 Å². The van der Waals surface area contributed by atoms with E-state index < -0.39 is 0 Å². The second-order valence-electron chi connectivity index (χ2n) is 3.88. The molecule has 3 N–H and O–H groups in total. The van der Waals surface area contributed by atoms with Gasteiger partial charge in [-0.15, -0.1) is 0 Å². The van der Waals surface area contributed by atoms with Crippen LogP contribution in [0.2, 0.25) is 0 Å². The normalized spacial score (nSPS) is 10.1. The highest BCUT2D eigenvalue weighted by molar-refractivity contribution is 5.77. The zero-order valence-corrected chi connectivity index (χ0v) is 10.6. The first kappa shape index (κ1) is 14.5. The predicted octanol–water partition coefficient (Wildman–Crippen LogP) is 0.283. The molecule has 18 heavy (non-hydrogen) atoms. The maximum atomic E-state index is 11.4. The molecule has 0 saturated heterocycles. The third kappa shape index (κ3) is 5.65. The number of aliphatic hydroxyl groups excluding tert-OH is 1. The van der Waals surface area contributed by atoms with Gasteiger partial charge in [0.15, 0.2) is 0 Å². The Morgan fingerprint density at radius 3 is 2.67 bits per heavy atom. The molecule has 0 aromatic heterocycles. The van der Waals surface area contributed by atoms with Gasteiger partial charge in [-0.25, -0.2) is 0 Å². The lowest BCUT2D eigenvalue weighted by Crippen LogP contribution is -2.34. The monoisotopic (exact) mass is 252 g/mol. The van der Waals surface area contributed by atoms with Crippen molar-refractivity contribution in [2.75, 3.05) is 26.8 Å². The molecule has 0 atom stereocenters. The number of ether oxygens (including phenoxy) is 1. The highest BCUT2D eigenvalue weighted by Crippen LogP contribution is 2.10. The van der Waals surface area contributed by atoms with Crippen LogP contribution in [-0.4, -0.2) is 37.8 Å². The maximum Gasteiger partial charge on any atom is 0.234 e. The molecule has 0 radical (unpaired) electrons. The summed E-state index contributed by atoms with van der Waals surface area (Å²) in [5, 5.41) is 14.3. The molecular weight excluding hydrogens is 232 g/mol. The molecule has 1 rings (SSSR count). The van der Waals surface area contributed by atoms with Crippen LogP contribution in [0, 0.1) is 0 Å². The van der Waals surface area contributed by atoms with Gasteiger partial charge in [0.1, 0.15) is 5.75 Å². The van der Waals surface area contributed by atoms with Crippen LogP contribution in [0.5, 0.6) is 5.75 Å². The van der Waals surface area contributed by atoms with E-state index in [1.54, 1.807) is 7.11 Å². The van der Waals surface area contributed by atoms with Crippen molar-refractivity contribution >= 4 is 5.91 Å². The van der Waals surface area contributed by atoms with E-state index in [2.05, 4.69) is 10.6 Å². The molecule has 0 aliphatic heterocycles. The quantitative estimate of drug-likeness (QED) is 0.581. The summed E-state index contributed by atoms with van der Waals surface area (Å²) in [6.07, 6.45) is 0.658. The van der Waals surface area contributed by atoms with Gasteiger partial charge in [0.05, 0.1) is 13.7 Å². The number of rotatable bonds is 8. The third-order valence-electron chi connectivity index (χ3n) is 2.45. The summed E-state index contributed by atoms with van der Waals surface area (Å²) < 4.78 is 5.05. The fourth-order valence-electron chi connectivity index (χ4n) is 1.41. The number of methoxy groups -OCH3 is 1. The Hall–Kier alpha value is -1.59. The van der Waals surface area contributed by atoms with E-state index in [0.717, 1.165) is 11.3 Å². The van der Waals surface area contributed by atoms with Crippen LogP contribution in [0.15, 0.2) is 24.3 Å². The Morgan fingerprint density at radius 1 is 1.33 bits per heavy atom. The first-order chi connectivity index (χ1) is 8.76. The highest BCUT2D eigenvalue weighted by Gasteiger charge is 2.00. The number of amides is 1. The molecule has 1 aromatic carbocycles. The predicted molar refractivity (Wildman–Crippen MR) is 69.4 cm³/mol. The molecule has 0 unspecified atom stereocenters. The molecule has 1 aromatic rings. The largest absolute Gasteiger partial charge is 0.497 e. The summed E-state index contributed by atoms with van der Waals surface area (Å²) in [7, 11) is 1.62. The maximum absolute atomic E-state index is 11.4. The Balaban J connectivity index is 2.20. The van der Waals surface area contributed by atoms with Crippen molar-refractivity contribution in [1.82, 2.24) is 10.6 Å². The fraction of sp³-hybridized carbons (Fsp3) is 0.462. The number of nitrogens with one attached hydrogen (secondary N) is 2. The van der Waals surface area contributed by atoms with Gasteiger partial charge in [-0.2, -0.15) is 0 Å². The van der Waals surface area contributed by atoms with E-state index in [1.807, 2.05) is 24.3 Å². The summed E-state index contributed by atoms with van der Waals surface area (Å²) in [5.41, 5.74) is 1.03. The molecule has 5 heteroatoms. The van der Waals surface area contributed by atoms with Crippen LogP contribution in [0.3, 0.4) is 0 Å². The topological polar surface area (TPSA) is 70.6 Å². The number of aliphatic hydroxyl groups is 1. The van der Waals surface area contributed by atoms with Crippen LogP contribution in [-0.2, 0) is 11.3 Å². The zero-order chi connectivity index (χ0) is 13.2. The van der Waals surface area contributed by atoms with E-state index in [4.69, 9.17) is 9.84 Å². The molecule has 0 aliphatic carbocycles. The van der Waals surface area contributed by atoms with Crippen molar-refractivity contribution in [3.05, 3.63) is 29.8 Å². The molecule has 0 bridgehead atoms. The van der Waals surface area contributed by atoms with Crippen LogP contribution >= 0.6 is 0 Å². The Bertz CT molecular complexity index is 352. The van der Waals surface area contributed by atoms with E-state index in [0.29, 0.717) is 19.5 Å². The lowest BCUT2D eigenvalue weighted by molar-refractivity contribution is -0.120. The van der Waals surface area contributed by atoms with Crippen LogP contribution in [0.25, 0.3) is 0 Å². The molecule has 0 fully saturated rings. The summed E-state index contributed by atoms with van der Waals surface area (Å²) in [6.45, 7) is 1.56. The lowest BCUT2D eigenvalue weighted by Gasteiger charge is -2.07. The number of benzene rings is 1. The van der Waals surface area contributed by atoms with E-state index in [9.17, 15) is 4.79 Å². The van der Waals surface area contributed by atoms with E-state index >= 15 is 0 Å². The minimum Gasteiger partial charge on any atom is -0.497 e. The minimum atomic E-state index is -0.0521. The Morgan fingerprint density at radius 2 is 2.06 bits per heavy atom. The second-order valence-corrected chi connectivity index (χ2v) is 3.88. The minimum absolute atomic E-state index is 0.0521. The van der Waals surface area contributed by atoms with Gasteiger partial charge >= 0.3 is 0 Å². The van der Waals surface area contributed by atoms with Crippen molar-refractivity contribution in [3.8, 4) is 5.75 Å². The van der Waals surface area contributed by atoms with E-state index in [1.165, 1.54) is 0 Å². The number of carbonyl (C=O) groups is 1. The van der Waals surface area contributed by atoms with Crippen molar-refractivity contribution < 1.29 is 14.6 Å². The van der Waals surface area contributed by atoms with Crippen molar-refractivity contribution in [3.63, 3.8) is 0 Å². The summed E-state index contributed by atoms with van der Waals surface area (Å²) in [6, 6.07) is 7.55. The Kier molecular flexibility index (Phi) is 6.83. The lowest BCUT2D eigenvalue weighted by atomic mass is 10.2. The smallest absolute Gasteiger partial charge is 0.234 e. The summed E-state index contributed by atoms with van der Waals surface area (Å²) >= 11 is 0. The van der Waals surface area contributed by atoms with Crippen LogP contribution in [0.1, 0.15) is 12.0 Å². The summed E-state index contributed by atoms with van der Waals surface area (Å²) in [5.74, 6) is 0.750. The standard InChI is InChI=1S/C13H20N2O3/c1-18-12-5-3-11(4-6-12)9-15-13(17)10-14-7-2-8-16/h3-6,14,16H,2,7-10H2,1H3,(H,15,17). The van der Waals surface area contributed by atoms with Crippen molar-refractivity contribution in [2.24, 2.45) is 0 Å². The SMILES string of the molecule is COc1ccc(CNC(=O)CNCCCO)cc1. The molecule has 0 spiro atoms. The third-order valence-corrected chi connectivity index (χ3v) is 2.45. The van der Waals surface area contributed by atoms with Crippen molar-refractivity contribution in [1.29, 1.82) is 0 Å². The molecule has 100 valence electrons. The second kappa shape index (κ2) is 8.49. The van der Waals surface area contributed by atoms with Crippen LogP contribution < -0.4 is 15.4 Å². The first-order valence-electron chi connectivity index (χ1n) is 5.97. The molecule has 1 amide bonds. The molecular formula is C13H20N2O3. The van der Waals surface area contributed by atoms with Gasteiger partial charge in [0.2, 0.25) is 5.91 Å². The van der Waals surface area contributed by atoms with Gasteiger partial charge < -0.3 is 20.5 Å². The van der Waals surface area contributed by atoms with Gasteiger partial charge in [-0.05, 0) is 30.7 Å². The molecule has 5 nitrogen and oxygen atoms in total. The number of hydrogen-bond acceptors (Lipinski definition) is 4. The summed E-state index contributed by atoms with van der Waals surface area (Å²) in [4.78, 5) is 11.4. The number of hydrogen-bond donors (Lipinski definition) is 3. The Labute approximate surface area is 107 Å². The van der Waals surface area contributed by atoms with Gasteiger partial charge in [-0.3, -0.25) is 4.79 Å². The highest BCUT2D eigenvalue weighted by atomic mass is 16.5. The van der Waals surface area contributed by atoms with Gasteiger partial charge in [-0.1, -0.05) is 12.1 Å². The fourth-order valence-corrected chi connectivity index (χ4v) is 1.41. The first-order valence-corrected chi connectivity index (χ1v) is 5.97.